The van der Waals surface area contributed by atoms with Crippen molar-refractivity contribution in [2.24, 2.45) is 0 Å². The smallest absolute Gasteiger partial charge is 0.258 e. The summed E-state index contributed by atoms with van der Waals surface area (Å²) in [6, 6.07) is 5.72. The Morgan fingerprint density at radius 1 is 1.28 bits per heavy atom. The molecule has 0 spiro atoms. The van der Waals surface area contributed by atoms with Gasteiger partial charge in [-0.1, -0.05) is 12.1 Å². The maximum atomic E-state index is 11.6. The maximum absolute atomic E-state index is 11.6. The lowest BCUT2D eigenvalue weighted by Crippen LogP contribution is -2.35. The average molecular weight is 272 g/mol. The molecule has 0 saturated heterocycles. The minimum atomic E-state index is -3.29. The van der Waals surface area contributed by atoms with Crippen molar-refractivity contribution < 1.29 is 13.3 Å². The van der Waals surface area contributed by atoms with Crippen LogP contribution in [0.2, 0.25) is 0 Å². The number of benzene rings is 1. The topological polar surface area (TPSA) is 80.5 Å². The van der Waals surface area contributed by atoms with Crippen LogP contribution in [-0.4, -0.2) is 29.9 Å². The molecular formula is C11H16N2O4S. The molecule has 0 aliphatic carbocycles. The number of non-ortho nitro benzene ring substituents is 1. The first-order valence-electron chi connectivity index (χ1n) is 5.42. The zero-order chi connectivity index (χ0) is 13.9. The fourth-order valence-corrected chi connectivity index (χ4v) is 2.74. The molecule has 1 aromatic rings. The molecule has 0 bridgehead atoms. The van der Waals surface area contributed by atoms with Gasteiger partial charge in [-0.3, -0.25) is 10.1 Å². The Bertz CT molecular complexity index is 522. The molecule has 0 unspecified atom stereocenters. The van der Waals surface area contributed by atoms with Gasteiger partial charge in [-0.15, -0.1) is 0 Å². The SMILES string of the molecule is CC(C)N(Cc1ccc([N+](=O)[O-])cc1)S(C)(=O)=O. The molecule has 7 heteroatoms. The van der Waals surface area contributed by atoms with Crippen molar-refractivity contribution in [1.82, 2.24) is 4.31 Å². The van der Waals surface area contributed by atoms with Crippen LogP contribution in [0.25, 0.3) is 0 Å². The van der Waals surface area contributed by atoms with Gasteiger partial charge in [0.05, 0.1) is 11.2 Å². The summed E-state index contributed by atoms with van der Waals surface area (Å²) in [4.78, 5) is 10.0. The lowest BCUT2D eigenvalue weighted by Gasteiger charge is -2.23. The van der Waals surface area contributed by atoms with Gasteiger partial charge in [0.2, 0.25) is 10.0 Å². The molecule has 0 aliphatic heterocycles. The standard InChI is InChI=1S/C11H16N2O4S/c1-9(2)12(18(3,16)17)8-10-4-6-11(7-5-10)13(14)15/h4-7,9H,8H2,1-3H3. The molecule has 6 nitrogen and oxygen atoms in total. The summed E-state index contributed by atoms with van der Waals surface area (Å²) in [5, 5.41) is 10.5. The van der Waals surface area contributed by atoms with Crippen LogP contribution in [0.5, 0.6) is 0 Å². The second-order valence-corrected chi connectivity index (χ2v) is 6.26. The number of hydrogen-bond acceptors (Lipinski definition) is 4. The normalized spacial score (nSPS) is 12.1. The van der Waals surface area contributed by atoms with E-state index in [0.717, 1.165) is 11.8 Å². The summed E-state index contributed by atoms with van der Waals surface area (Å²) in [6.45, 7) is 3.79. The Hall–Kier alpha value is -1.47. The van der Waals surface area contributed by atoms with Gasteiger partial charge in [-0.2, -0.15) is 4.31 Å². The van der Waals surface area contributed by atoms with E-state index in [2.05, 4.69) is 0 Å². The average Bonchev–Trinajstić information content (AvgIpc) is 2.24. The van der Waals surface area contributed by atoms with Crippen LogP contribution in [-0.2, 0) is 16.6 Å². The molecule has 1 rings (SSSR count). The molecule has 1 aromatic carbocycles. The monoisotopic (exact) mass is 272 g/mol. The molecule has 18 heavy (non-hydrogen) atoms. The third kappa shape index (κ3) is 3.78. The minimum absolute atomic E-state index is 0.00537. The van der Waals surface area contributed by atoms with E-state index in [4.69, 9.17) is 0 Å². The zero-order valence-corrected chi connectivity index (χ0v) is 11.3. The second kappa shape index (κ2) is 5.45. The van der Waals surface area contributed by atoms with Crippen molar-refractivity contribution in [1.29, 1.82) is 0 Å². The van der Waals surface area contributed by atoms with E-state index in [-0.39, 0.29) is 18.3 Å². The summed E-state index contributed by atoms with van der Waals surface area (Å²) in [5.74, 6) is 0. The Morgan fingerprint density at radius 2 is 1.78 bits per heavy atom. The summed E-state index contributed by atoms with van der Waals surface area (Å²) < 4.78 is 24.5. The number of hydrogen-bond donors (Lipinski definition) is 0. The van der Waals surface area contributed by atoms with Gasteiger partial charge in [0, 0.05) is 24.7 Å². The van der Waals surface area contributed by atoms with Gasteiger partial charge in [-0.05, 0) is 19.4 Å². The summed E-state index contributed by atoms with van der Waals surface area (Å²) in [5.41, 5.74) is 0.717. The number of nitro groups is 1. The van der Waals surface area contributed by atoms with Crippen molar-refractivity contribution in [3.8, 4) is 0 Å². The van der Waals surface area contributed by atoms with E-state index in [1.165, 1.54) is 16.4 Å². The second-order valence-electron chi connectivity index (χ2n) is 4.33. The quantitative estimate of drug-likeness (QED) is 0.604. The highest BCUT2D eigenvalue weighted by Gasteiger charge is 2.20. The third-order valence-electron chi connectivity index (χ3n) is 2.49. The Morgan fingerprint density at radius 3 is 2.11 bits per heavy atom. The first-order valence-corrected chi connectivity index (χ1v) is 7.27. The highest BCUT2D eigenvalue weighted by atomic mass is 32.2. The number of rotatable bonds is 5. The van der Waals surface area contributed by atoms with E-state index >= 15 is 0 Å². The fraction of sp³-hybridized carbons (Fsp3) is 0.455. The molecule has 0 heterocycles. The molecule has 0 N–H and O–H groups in total. The lowest BCUT2D eigenvalue weighted by molar-refractivity contribution is -0.384. The zero-order valence-electron chi connectivity index (χ0n) is 10.5. The van der Waals surface area contributed by atoms with Crippen molar-refractivity contribution in [2.45, 2.75) is 26.4 Å². The molecule has 0 fully saturated rings. The van der Waals surface area contributed by atoms with E-state index in [1.807, 2.05) is 0 Å². The fourth-order valence-electron chi connectivity index (χ4n) is 1.59. The molecule has 0 aromatic heterocycles. The van der Waals surface area contributed by atoms with Crippen LogP contribution in [0.3, 0.4) is 0 Å². The van der Waals surface area contributed by atoms with Crippen LogP contribution in [0, 0.1) is 10.1 Å². The minimum Gasteiger partial charge on any atom is -0.258 e. The summed E-state index contributed by atoms with van der Waals surface area (Å²) >= 11 is 0. The molecule has 0 aliphatic rings. The van der Waals surface area contributed by atoms with Crippen molar-refractivity contribution in [3.05, 3.63) is 39.9 Å². The molecule has 0 saturated carbocycles. The molecule has 100 valence electrons. The maximum Gasteiger partial charge on any atom is 0.269 e. The van der Waals surface area contributed by atoms with Crippen molar-refractivity contribution in [3.63, 3.8) is 0 Å². The van der Waals surface area contributed by atoms with Gasteiger partial charge in [0.15, 0.2) is 0 Å². The lowest BCUT2D eigenvalue weighted by atomic mass is 10.2. The van der Waals surface area contributed by atoms with E-state index < -0.39 is 14.9 Å². The largest absolute Gasteiger partial charge is 0.269 e. The van der Waals surface area contributed by atoms with Crippen LogP contribution in [0.1, 0.15) is 19.4 Å². The number of nitrogens with zero attached hydrogens (tertiary/aromatic N) is 2. The van der Waals surface area contributed by atoms with Crippen LogP contribution >= 0.6 is 0 Å². The highest BCUT2D eigenvalue weighted by Crippen LogP contribution is 2.16. The van der Waals surface area contributed by atoms with E-state index in [1.54, 1.807) is 26.0 Å². The first-order chi connectivity index (χ1) is 8.21. The Kier molecular flexibility index (Phi) is 4.42. The Labute approximate surface area is 106 Å². The van der Waals surface area contributed by atoms with E-state index in [0.29, 0.717) is 0 Å². The highest BCUT2D eigenvalue weighted by molar-refractivity contribution is 7.88. The third-order valence-corrected chi connectivity index (χ3v) is 3.89. The summed E-state index contributed by atoms with van der Waals surface area (Å²) in [7, 11) is -3.29. The predicted octanol–water partition coefficient (Wildman–Crippen LogP) is 1.76. The van der Waals surface area contributed by atoms with Crippen LogP contribution in [0.15, 0.2) is 24.3 Å². The number of nitro benzene ring substituents is 1. The predicted molar refractivity (Wildman–Crippen MR) is 68.6 cm³/mol. The van der Waals surface area contributed by atoms with Gasteiger partial charge in [-0.25, -0.2) is 8.42 Å². The Balaban J connectivity index is 2.92. The van der Waals surface area contributed by atoms with Crippen molar-refractivity contribution >= 4 is 15.7 Å². The van der Waals surface area contributed by atoms with E-state index in [9.17, 15) is 18.5 Å². The van der Waals surface area contributed by atoms with Gasteiger partial charge in [0.1, 0.15) is 0 Å². The van der Waals surface area contributed by atoms with Gasteiger partial charge >= 0.3 is 0 Å². The van der Waals surface area contributed by atoms with Gasteiger partial charge in [0.25, 0.3) is 5.69 Å². The summed E-state index contributed by atoms with van der Waals surface area (Å²) in [6.07, 6.45) is 1.15. The molecular weight excluding hydrogens is 256 g/mol. The van der Waals surface area contributed by atoms with Crippen molar-refractivity contribution in [2.75, 3.05) is 6.26 Å². The first kappa shape index (κ1) is 14.6. The molecule has 0 radical (unpaired) electrons. The number of sulfonamides is 1. The van der Waals surface area contributed by atoms with Gasteiger partial charge < -0.3 is 0 Å². The van der Waals surface area contributed by atoms with Crippen LogP contribution in [0.4, 0.5) is 5.69 Å². The van der Waals surface area contributed by atoms with Crippen LogP contribution < -0.4 is 0 Å². The molecule has 0 amide bonds. The molecule has 0 atom stereocenters.